The molecule has 1 atom stereocenters. The highest BCUT2D eigenvalue weighted by Gasteiger charge is 2.16. The maximum Gasteiger partial charge on any atom is 0.276 e. The number of aromatic nitrogens is 1. The molecule has 1 fully saturated rings. The molecule has 1 aliphatic heterocycles. The Morgan fingerprint density at radius 3 is 2.95 bits per heavy atom. The fraction of sp³-hybridized carbons (Fsp3) is 0.583. The van der Waals surface area contributed by atoms with Gasteiger partial charge in [-0.25, -0.2) is 4.98 Å². The SMILES string of the molecule is CCNc1cc([N+](=O)[O-])cc(NC2CCCOC2)n1. The lowest BCUT2D eigenvalue weighted by molar-refractivity contribution is -0.384. The molecule has 0 aromatic carbocycles. The van der Waals surface area contributed by atoms with Gasteiger partial charge in [0.15, 0.2) is 0 Å². The molecule has 1 aromatic heterocycles. The van der Waals surface area contributed by atoms with Crippen LogP contribution >= 0.6 is 0 Å². The van der Waals surface area contributed by atoms with Crippen LogP contribution in [0.3, 0.4) is 0 Å². The zero-order chi connectivity index (χ0) is 13.7. The Bertz CT molecular complexity index is 447. The third kappa shape index (κ3) is 3.78. The average Bonchev–Trinajstić information content (AvgIpc) is 2.40. The number of nitrogens with one attached hydrogen (secondary N) is 2. The summed E-state index contributed by atoms with van der Waals surface area (Å²) in [6, 6.07) is 3.05. The Balaban J connectivity index is 2.15. The van der Waals surface area contributed by atoms with Crippen LogP contribution in [0.4, 0.5) is 17.3 Å². The number of pyridine rings is 1. The van der Waals surface area contributed by atoms with Crippen molar-refractivity contribution >= 4 is 17.3 Å². The highest BCUT2D eigenvalue weighted by atomic mass is 16.6. The second kappa shape index (κ2) is 6.33. The predicted octanol–water partition coefficient (Wildman–Crippen LogP) is 2.01. The molecule has 104 valence electrons. The summed E-state index contributed by atoms with van der Waals surface area (Å²) in [5.74, 6) is 1.02. The highest BCUT2D eigenvalue weighted by Crippen LogP contribution is 2.22. The van der Waals surface area contributed by atoms with Gasteiger partial charge in [-0.1, -0.05) is 0 Å². The summed E-state index contributed by atoms with van der Waals surface area (Å²) in [4.78, 5) is 14.8. The standard InChI is InChI=1S/C12H18N4O3/c1-2-13-11-6-10(16(17)18)7-12(15-11)14-9-4-3-5-19-8-9/h6-7,9H,2-5,8H2,1H3,(H2,13,14,15). The van der Waals surface area contributed by atoms with E-state index < -0.39 is 4.92 Å². The molecule has 1 aromatic rings. The molecule has 0 bridgehead atoms. The van der Waals surface area contributed by atoms with Gasteiger partial charge >= 0.3 is 0 Å². The van der Waals surface area contributed by atoms with Gasteiger partial charge in [-0.3, -0.25) is 10.1 Å². The van der Waals surface area contributed by atoms with E-state index in [0.717, 1.165) is 19.4 Å². The van der Waals surface area contributed by atoms with Crippen LogP contribution < -0.4 is 10.6 Å². The Labute approximate surface area is 111 Å². The minimum Gasteiger partial charge on any atom is -0.379 e. The second-order valence-corrected chi connectivity index (χ2v) is 4.44. The lowest BCUT2D eigenvalue weighted by Gasteiger charge is -2.23. The molecule has 0 saturated carbocycles. The molecule has 7 heteroatoms. The number of anilines is 2. The first-order chi connectivity index (χ1) is 9.19. The molecule has 0 spiro atoms. The molecule has 2 N–H and O–H groups in total. The summed E-state index contributed by atoms with van der Waals surface area (Å²) in [6.45, 7) is 3.98. The monoisotopic (exact) mass is 266 g/mol. The van der Waals surface area contributed by atoms with Gasteiger partial charge in [-0.15, -0.1) is 0 Å². The average molecular weight is 266 g/mol. The van der Waals surface area contributed by atoms with Gasteiger partial charge in [-0.05, 0) is 19.8 Å². The third-order valence-corrected chi connectivity index (χ3v) is 2.89. The lowest BCUT2D eigenvalue weighted by Crippen LogP contribution is -2.30. The van der Waals surface area contributed by atoms with E-state index in [0.29, 0.717) is 24.8 Å². The normalized spacial score (nSPS) is 18.9. The van der Waals surface area contributed by atoms with Crippen molar-refractivity contribution in [1.82, 2.24) is 4.98 Å². The van der Waals surface area contributed by atoms with E-state index in [-0.39, 0.29) is 11.7 Å². The summed E-state index contributed by atoms with van der Waals surface area (Å²) in [6.07, 6.45) is 1.98. The fourth-order valence-corrected chi connectivity index (χ4v) is 2.03. The van der Waals surface area contributed by atoms with Crippen LogP contribution in [0.15, 0.2) is 12.1 Å². The van der Waals surface area contributed by atoms with Gasteiger partial charge < -0.3 is 15.4 Å². The number of nitrogens with zero attached hydrogens (tertiary/aromatic N) is 2. The predicted molar refractivity (Wildman–Crippen MR) is 72.5 cm³/mol. The van der Waals surface area contributed by atoms with E-state index in [1.807, 2.05) is 6.92 Å². The molecular weight excluding hydrogens is 248 g/mol. The van der Waals surface area contributed by atoms with Gasteiger partial charge in [0.05, 0.1) is 29.7 Å². The van der Waals surface area contributed by atoms with Gasteiger partial charge in [0.25, 0.3) is 5.69 Å². The van der Waals surface area contributed by atoms with Crippen LogP contribution in [0.1, 0.15) is 19.8 Å². The molecule has 1 unspecified atom stereocenters. The molecule has 2 rings (SSSR count). The van der Waals surface area contributed by atoms with E-state index in [9.17, 15) is 10.1 Å². The van der Waals surface area contributed by atoms with Crippen molar-refractivity contribution in [3.05, 3.63) is 22.2 Å². The zero-order valence-corrected chi connectivity index (χ0v) is 10.9. The summed E-state index contributed by atoms with van der Waals surface area (Å²) in [5, 5.41) is 17.1. The lowest BCUT2D eigenvalue weighted by atomic mass is 10.1. The second-order valence-electron chi connectivity index (χ2n) is 4.44. The van der Waals surface area contributed by atoms with Gasteiger partial charge in [-0.2, -0.15) is 0 Å². The Morgan fingerprint density at radius 2 is 2.32 bits per heavy atom. The molecule has 0 amide bonds. The Kier molecular flexibility index (Phi) is 4.51. The smallest absolute Gasteiger partial charge is 0.276 e. The zero-order valence-electron chi connectivity index (χ0n) is 10.9. The molecule has 0 aliphatic carbocycles. The molecule has 19 heavy (non-hydrogen) atoms. The molecule has 1 aliphatic rings. The maximum absolute atomic E-state index is 10.9. The van der Waals surface area contributed by atoms with Crippen LogP contribution in [-0.2, 0) is 4.74 Å². The minimum absolute atomic E-state index is 0.0326. The number of rotatable bonds is 5. The quantitative estimate of drug-likeness (QED) is 0.626. The van der Waals surface area contributed by atoms with E-state index in [2.05, 4.69) is 15.6 Å². The summed E-state index contributed by atoms with van der Waals surface area (Å²) in [7, 11) is 0. The minimum atomic E-state index is -0.412. The summed E-state index contributed by atoms with van der Waals surface area (Å²) >= 11 is 0. The summed E-state index contributed by atoms with van der Waals surface area (Å²) < 4.78 is 5.37. The molecule has 7 nitrogen and oxygen atoms in total. The van der Waals surface area contributed by atoms with Crippen LogP contribution in [0.2, 0.25) is 0 Å². The van der Waals surface area contributed by atoms with Gasteiger partial charge in [0, 0.05) is 13.2 Å². The first kappa shape index (κ1) is 13.5. The molecule has 1 saturated heterocycles. The molecular formula is C12H18N4O3. The van der Waals surface area contributed by atoms with Crippen LogP contribution in [-0.4, -0.2) is 35.7 Å². The van der Waals surface area contributed by atoms with E-state index in [1.54, 1.807) is 0 Å². The molecule has 0 radical (unpaired) electrons. The first-order valence-electron chi connectivity index (χ1n) is 6.43. The van der Waals surface area contributed by atoms with E-state index in [1.165, 1.54) is 12.1 Å². The number of nitro groups is 1. The number of ether oxygens (including phenoxy) is 1. The first-order valence-corrected chi connectivity index (χ1v) is 6.43. The van der Waals surface area contributed by atoms with Gasteiger partial charge in [0.1, 0.15) is 11.6 Å². The van der Waals surface area contributed by atoms with Crippen molar-refractivity contribution in [3.63, 3.8) is 0 Å². The van der Waals surface area contributed by atoms with Crippen molar-refractivity contribution in [2.45, 2.75) is 25.8 Å². The topological polar surface area (TPSA) is 89.3 Å². The Hall–Kier alpha value is -1.89. The Morgan fingerprint density at radius 1 is 1.53 bits per heavy atom. The largest absolute Gasteiger partial charge is 0.379 e. The van der Waals surface area contributed by atoms with Crippen molar-refractivity contribution in [2.75, 3.05) is 30.4 Å². The van der Waals surface area contributed by atoms with Crippen LogP contribution in [0.5, 0.6) is 0 Å². The molecule has 2 heterocycles. The van der Waals surface area contributed by atoms with E-state index in [4.69, 9.17) is 4.74 Å². The number of hydrogen-bond acceptors (Lipinski definition) is 6. The van der Waals surface area contributed by atoms with Crippen LogP contribution in [0.25, 0.3) is 0 Å². The third-order valence-electron chi connectivity index (χ3n) is 2.89. The van der Waals surface area contributed by atoms with Crippen LogP contribution in [0, 0.1) is 10.1 Å². The van der Waals surface area contributed by atoms with Crippen molar-refractivity contribution in [1.29, 1.82) is 0 Å². The highest BCUT2D eigenvalue weighted by molar-refractivity contribution is 5.55. The fourth-order valence-electron chi connectivity index (χ4n) is 2.03. The van der Waals surface area contributed by atoms with Gasteiger partial charge in [0.2, 0.25) is 0 Å². The van der Waals surface area contributed by atoms with E-state index >= 15 is 0 Å². The summed E-state index contributed by atoms with van der Waals surface area (Å²) in [5.41, 5.74) is 0.0326. The maximum atomic E-state index is 10.9. The van der Waals surface area contributed by atoms with Crippen molar-refractivity contribution < 1.29 is 9.66 Å². The van der Waals surface area contributed by atoms with Crippen molar-refractivity contribution in [3.8, 4) is 0 Å². The van der Waals surface area contributed by atoms with Crippen molar-refractivity contribution in [2.24, 2.45) is 0 Å². The number of hydrogen-bond donors (Lipinski definition) is 2.